The maximum absolute atomic E-state index is 10.9. The summed E-state index contributed by atoms with van der Waals surface area (Å²) in [5, 5.41) is 0. The Hall–Kier alpha value is 0.200. The van der Waals surface area contributed by atoms with E-state index in [0.717, 1.165) is 10.8 Å². The van der Waals surface area contributed by atoms with Gasteiger partial charge in [0.25, 0.3) is 0 Å². The van der Waals surface area contributed by atoms with Crippen LogP contribution in [0.3, 0.4) is 0 Å². The Bertz CT molecular complexity index is 136. The molecular formula is C9H17IO2. The number of halogens is 1. The topological polar surface area (TPSA) is 26.3 Å². The largest absolute Gasteiger partial charge is 0.469 e. The highest BCUT2D eigenvalue weighted by Gasteiger charge is 2.11. The summed E-state index contributed by atoms with van der Waals surface area (Å²) < 4.78 is 5.75. The molecule has 0 heterocycles. The molecule has 0 amide bonds. The maximum Gasteiger partial charge on any atom is 0.305 e. The summed E-state index contributed by atoms with van der Waals surface area (Å²) >= 11 is 2.37. The van der Waals surface area contributed by atoms with Gasteiger partial charge in [-0.15, -0.1) is 0 Å². The van der Waals surface area contributed by atoms with Crippen molar-refractivity contribution in [3.8, 4) is 0 Å². The molecule has 2 atom stereocenters. The van der Waals surface area contributed by atoms with Crippen molar-refractivity contribution in [3.63, 3.8) is 0 Å². The number of ether oxygens (including phenoxy) is 1. The number of carbonyl (C=O) groups excluding carboxylic acids is 1. The minimum Gasteiger partial charge on any atom is -0.469 e. The molecule has 0 fully saturated rings. The normalized spacial score (nSPS) is 15.3. The SMILES string of the molecule is COC(=O)CC(C)CC(C)CI. The van der Waals surface area contributed by atoms with Gasteiger partial charge >= 0.3 is 5.97 Å². The monoisotopic (exact) mass is 284 g/mol. The molecule has 0 saturated carbocycles. The van der Waals surface area contributed by atoms with Crippen LogP contribution in [0, 0.1) is 11.8 Å². The van der Waals surface area contributed by atoms with Crippen molar-refractivity contribution in [2.75, 3.05) is 11.5 Å². The van der Waals surface area contributed by atoms with Gasteiger partial charge in [0.2, 0.25) is 0 Å². The lowest BCUT2D eigenvalue weighted by atomic mass is 9.96. The van der Waals surface area contributed by atoms with E-state index in [1.54, 1.807) is 0 Å². The van der Waals surface area contributed by atoms with Gasteiger partial charge in [0.15, 0.2) is 0 Å². The predicted octanol–water partition coefficient (Wildman–Crippen LogP) is 2.65. The second-order valence-electron chi connectivity index (χ2n) is 3.38. The van der Waals surface area contributed by atoms with Gasteiger partial charge in [-0.1, -0.05) is 36.4 Å². The first kappa shape index (κ1) is 12.2. The number of alkyl halides is 1. The lowest BCUT2D eigenvalue weighted by molar-refractivity contribution is -0.141. The van der Waals surface area contributed by atoms with Crippen LogP contribution in [-0.2, 0) is 9.53 Å². The molecule has 0 N–H and O–H groups in total. The van der Waals surface area contributed by atoms with E-state index in [-0.39, 0.29) is 5.97 Å². The molecule has 2 nitrogen and oxygen atoms in total. The van der Waals surface area contributed by atoms with Crippen molar-refractivity contribution < 1.29 is 9.53 Å². The fourth-order valence-electron chi connectivity index (χ4n) is 1.20. The summed E-state index contributed by atoms with van der Waals surface area (Å²) in [6, 6.07) is 0. The molecule has 0 radical (unpaired) electrons. The van der Waals surface area contributed by atoms with Crippen molar-refractivity contribution >= 4 is 28.6 Å². The quantitative estimate of drug-likeness (QED) is 0.441. The molecule has 0 aliphatic rings. The molecule has 0 aromatic rings. The summed E-state index contributed by atoms with van der Waals surface area (Å²) in [6.07, 6.45) is 1.66. The number of hydrogen-bond donors (Lipinski definition) is 0. The highest BCUT2D eigenvalue weighted by molar-refractivity contribution is 14.1. The first-order valence-electron chi connectivity index (χ1n) is 4.23. The second-order valence-corrected chi connectivity index (χ2v) is 4.26. The molecule has 0 rings (SSSR count). The predicted molar refractivity (Wildman–Crippen MR) is 58.5 cm³/mol. The van der Waals surface area contributed by atoms with Crippen LogP contribution in [-0.4, -0.2) is 17.5 Å². The van der Waals surface area contributed by atoms with Crippen LogP contribution in [0.25, 0.3) is 0 Å². The fraction of sp³-hybridized carbons (Fsp3) is 0.889. The Balaban J connectivity index is 3.58. The number of methoxy groups -OCH3 is 1. The zero-order chi connectivity index (χ0) is 9.56. The molecule has 0 aromatic heterocycles. The summed E-state index contributed by atoms with van der Waals surface area (Å²) in [5.41, 5.74) is 0. The fourth-order valence-corrected chi connectivity index (χ4v) is 1.56. The van der Waals surface area contributed by atoms with Gasteiger partial charge in [0, 0.05) is 10.8 Å². The Morgan fingerprint density at radius 2 is 2.00 bits per heavy atom. The molecule has 3 heteroatoms. The number of carbonyl (C=O) groups is 1. The Morgan fingerprint density at radius 1 is 1.42 bits per heavy atom. The number of rotatable bonds is 5. The van der Waals surface area contributed by atoms with Crippen LogP contribution in [0.2, 0.25) is 0 Å². The molecule has 2 unspecified atom stereocenters. The molecular weight excluding hydrogens is 267 g/mol. The number of hydrogen-bond acceptors (Lipinski definition) is 2. The van der Waals surface area contributed by atoms with E-state index < -0.39 is 0 Å². The summed E-state index contributed by atoms with van der Waals surface area (Å²) in [7, 11) is 1.44. The molecule has 0 aliphatic heterocycles. The average molecular weight is 284 g/mol. The smallest absolute Gasteiger partial charge is 0.305 e. The van der Waals surface area contributed by atoms with Crippen LogP contribution in [0.5, 0.6) is 0 Å². The minimum atomic E-state index is -0.0943. The van der Waals surface area contributed by atoms with Crippen molar-refractivity contribution in [2.45, 2.75) is 26.7 Å². The minimum absolute atomic E-state index is 0.0943. The molecule has 0 spiro atoms. The third-order valence-corrected chi connectivity index (χ3v) is 3.31. The summed E-state index contributed by atoms with van der Waals surface area (Å²) in [6.45, 7) is 4.31. The number of esters is 1. The maximum atomic E-state index is 10.9. The van der Waals surface area contributed by atoms with Crippen molar-refractivity contribution in [2.24, 2.45) is 11.8 Å². The van der Waals surface area contributed by atoms with Gasteiger partial charge in [0.1, 0.15) is 0 Å². The van der Waals surface area contributed by atoms with E-state index in [2.05, 4.69) is 41.2 Å². The van der Waals surface area contributed by atoms with E-state index in [4.69, 9.17) is 0 Å². The van der Waals surface area contributed by atoms with Gasteiger partial charge in [-0.3, -0.25) is 4.79 Å². The Morgan fingerprint density at radius 3 is 2.42 bits per heavy atom. The second kappa shape index (κ2) is 6.69. The van der Waals surface area contributed by atoms with E-state index in [1.807, 2.05) is 0 Å². The Labute approximate surface area is 88.2 Å². The molecule has 0 aromatic carbocycles. The summed E-state index contributed by atoms with van der Waals surface area (Å²) in [4.78, 5) is 10.9. The highest BCUT2D eigenvalue weighted by atomic mass is 127. The molecule has 0 saturated heterocycles. The average Bonchev–Trinajstić information content (AvgIpc) is 2.03. The zero-order valence-corrected chi connectivity index (χ0v) is 10.1. The first-order chi connectivity index (χ1) is 5.60. The molecule has 72 valence electrons. The van der Waals surface area contributed by atoms with E-state index in [9.17, 15) is 4.79 Å². The van der Waals surface area contributed by atoms with Gasteiger partial charge in [-0.2, -0.15) is 0 Å². The van der Waals surface area contributed by atoms with Crippen molar-refractivity contribution in [1.29, 1.82) is 0 Å². The van der Waals surface area contributed by atoms with Crippen LogP contribution in [0.4, 0.5) is 0 Å². The highest BCUT2D eigenvalue weighted by Crippen LogP contribution is 2.17. The summed E-state index contributed by atoms with van der Waals surface area (Å²) in [5.74, 6) is 1.05. The molecule has 0 bridgehead atoms. The van der Waals surface area contributed by atoms with Crippen LogP contribution in [0.1, 0.15) is 26.7 Å². The van der Waals surface area contributed by atoms with E-state index in [0.29, 0.717) is 18.3 Å². The first-order valence-corrected chi connectivity index (χ1v) is 5.75. The van der Waals surface area contributed by atoms with E-state index in [1.165, 1.54) is 7.11 Å². The standard InChI is InChI=1S/C9H17IO2/c1-7(4-8(2)6-10)5-9(11)12-3/h7-8H,4-6H2,1-3H3. The van der Waals surface area contributed by atoms with Gasteiger partial charge < -0.3 is 4.74 Å². The van der Waals surface area contributed by atoms with Crippen LogP contribution < -0.4 is 0 Å². The molecule has 0 aliphatic carbocycles. The van der Waals surface area contributed by atoms with Crippen molar-refractivity contribution in [3.05, 3.63) is 0 Å². The third-order valence-electron chi connectivity index (χ3n) is 1.81. The third kappa shape index (κ3) is 5.80. The lowest BCUT2D eigenvalue weighted by Crippen LogP contribution is -2.10. The van der Waals surface area contributed by atoms with Crippen molar-refractivity contribution in [1.82, 2.24) is 0 Å². The van der Waals surface area contributed by atoms with Crippen LogP contribution in [0.15, 0.2) is 0 Å². The van der Waals surface area contributed by atoms with Crippen LogP contribution >= 0.6 is 22.6 Å². The van der Waals surface area contributed by atoms with Gasteiger partial charge in [-0.25, -0.2) is 0 Å². The van der Waals surface area contributed by atoms with Gasteiger partial charge in [0.05, 0.1) is 7.11 Å². The van der Waals surface area contributed by atoms with E-state index >= 15 is 0 Å². The van der Waals surface area contributed by atoms with Gasteiger partial charge in [-0.05, 0) is 18.3 Å². The lowest BCUT2D eigenvalue weighted by Gasteiger charge is -2.13. The molecule has 12 heavy (non-hydrogen) atoms. The zero-order valence-electron chi connectivity index (χ0n) is 7.97. The Kier molecular flexibility index (Phi) is 6.80.